The molecule has 0 unspecified atom stereocenters. The van der Waals surface area contributed by atoms with Gasteiger partial charge in [0, 0.05) is 23.9 Å². The largest absolute Gasteiger partial charge is 0.316 e. The standard InChI is InChI=1S/C13H15F2N3/c1-9-10(6-16-2)7-18(17-9)8-11-12(14)4-3-5-13(11)15/h3-5,7,16H,6,8H2,1-2H3. The molecule has 5 heteroatoms. The zero-order valence-electron chi connectivity index (χ0n) is 10.4. The van der Waals surface area contributed by atoms with E-state index < -0.39 is 11.6 Å². The lowest BCUT2D eigenvalue weighted by molar-refractivity contribution is 0.532. The highest BCUT2D eigenvalue weighted by atomic mass is 19.1. The van der Waals surface area contributed by atoms with Crippen LogP contribution in [0.5, 0.6) is 0 Å². The number of nitrogens with zero attached hydrogens (tertiary/aromatic N) is 2. The van der Waals surface area contributed by atoms with Crippen LogP contribution in [0, 0.1) is 18.6 Å². The highest BCUT2D eigenvalue weighted by Crippen LogP contribution is 2.14. The molecule has 1 N–H and O–H groups in total. The maximum Gasteiger partial charge on any atom is 0.131 e. The van der Waals surface area contributed by atoms with Gasteiger partial charge in [-0.3, -0.25) is 4.68 Å². The van der Waals surface area contributed by atoms with Gasteiger partial charge in [0.05, 0.1) is 12.2 Å². The predicted octanol–water partition coefficient (Wildman–Crippen LogP) is 2.24. The molecule has 0 atom stereocenters. The number of nitrogens with one attached hydrogen (secondary N) is 1. The van der Waals surface area contributed by atoms with Gasteiger partial charge >= 0.3 is 0 Å². The predicted molar refractivity (Wildman–Crippen MR) is 65.2 cm³/mol. The third-order valence-corrected chi connectivity index (χ3v) is 2.80. The lowest BCUT2D eigenvalue weighted by Gasteiger charge is -2.04. The van der Waals surface area contributed by atoms with Gasteiger partial charge in [-0.05, 0) is 26.1 Å². The number of hydrogen-bond acceptors (Lipinski definition) is 2. The molecule has 1 aromatic heterocycles. The van der Waals surface area contributed by atoms with Gasteiger partial charge in [0.15, 0.2) is 0 Å². The molecule has 0 bridgehead atoms. The van der Waals surface area contributed by atoms with Crippen LogP contribution in [0.1, 0.15) is 16.8 Å². The quantitative estimate of drug-likeness (QED) is 0.903. The first-order chi connectivity index (χ1) is 8.61. The van der Waals surface area contributed by atoms with Crippen molar-refractivity contribution in [3.05, 3.63) is 52.9 Å². The highest BCUT2D eigenvalue weighted by molar-refractivity contribution is 5.21. The molecule has 18 heavy (non-hydrogen) atoms. The first-order valence-corrected chi connectivity index (χ1v) is 5.72. The Morgan fingerprint density at radius 3 is 2.56 bits per heavy atom. The molecule has 0 radical (unpaired) electrons. The smallest absolute Gasteiger partial charge is 0.131 e. The number of hydrogen-bond donors (Lipinski definition) is 1. The molecule has 0 fully saturated rings. The van der Waals surface area contributed by atoms with E-state index in [0.29, 0.717) is 6.54 Å². The monoisotopic (exact) mass is 251 g/mol. The molecule has 0 amide bonds. The summed E-state index contributed by atoms with van der Waals surface area (Å²) >= 11 is 0. The summed E-state index contributed by atoms with van der Waals surface area (Å²) in [7, 11) is 1.84. The summed E-state index contributed by atoms with van der Waals surface area (Å²) in [6.45, 7) is 2.66. The topological polar surface area (TPSA) is 29.9 Å². The molecule has 0 spiro atoms. The van der Waals surface area contributed by atoms with E-state index in [1.165, 1.54) is 18.2 Å². The number of halogens is 2. The van der Waals surface area contributed by atoms with Crippen LogP contribution in [0.3, 0.4) is 0 Å². The van der Waals surface area contributed by atoms with Crippen LogP contribution in [0.4, 0.5) is 8.78 Å². The van der Waals surface area contributed by atoms with Crippen molar-refractivity contribution < 1.29 is 8.78 Å². The molecule has 0 saturated carbocycles. The van der Waals surface area contributed by atoms with Gasteiger partial charge in [0.25, 0.3) is 0 Å². The van der Waals surface area contributed by atoms with Gasteiger partial charge in [-0.15, -0.1) is 0 Å². The lowest BCUT2D eigenvalue weighted by atomic mass is 10.2. The summed E-state index contributed by atoms with van der Waals surface area (Å²) in [6, 6.07) is 3.86. The third-order valence-electron chi connectivity index (χ3n) is 2.80. The Balaban J connectivity index is 2.26. The summed E-state index contributed by atoms with van der Waals surface area (Å²) in [5.41, 5.74) is 1.92. The molecule has 3 nitrogen and oxygen atoms in total. The van der Waals surface area contributed by atoms with E-state index in [2.05, 4.69) is 10.4 Å². The number of aromatic nitrogens is 2. The van der Waals surface area contributed by atoms with Crippen molar-refractivity contribution >= 4 is 0 Å². The Hall–Kier alpha value is -1.75. The fourth-order valence-electron chi connectivity index (χ4n) is 1.85. The van der Waals surface area contributed by atoms with E-state index in [1.54, 1.807) is 10.9 Å². The van der Waals surface area contributed by atoms with Crippen LogP contribution in [-0.2, 0) is 13.1 Å². The Morgan fingerprint density at radius 2 is 1.94 bits per heavy atom. The van der Waals surface area contributed by atoms with Crippen LogP contribution in [0.2, 0.25) is 0 Å². The van der Waals surface area contributed by atoms with Crippen molar-refractivity contribution in [2.24, 2.45) is 0 Å². The summed E-state index contributed by atoms with van der Waals surface area (Å²) in [6.07, 6.45) is 1.80. The SMILES string of the molecule is CNCc1cn(Cc2c(F)cccc2F)nc1C. The summed E-state index contributed by atoms with van der Waals surface area (Å²) < 4.78 is 28.6. The molecular formula is C13H15F2N3. The van der Waals surface area contributed by atoms with E-state index in [1.807, 2.05) is 14.0 Å². The van der Waals surface area contributed by atoms with Crippen molar-refractivity contribution in [1.82, 2.24) is 15.1 Å². The van der Waals surface area contributed by atoms with Crippen molar-refractivity contribution in [1.29, 1.82) is 0 Å². The Kier molecular flexibility index (Phi) is 3.72. The fraction of sp³-hybridized carbons (Fsp3) is 0.308. The molecule has 96 valence electrons. The van der Waals surface area contributed by atoms with E-state index in [4.69, 9.17) is 0 Å². The Labute approximate surface area is 104 Å². The summed E-state index contributed by atoms with van der Waals surface area (Å²) in [5, 5.41) is 7.27. The maximum absolute atomic E-state index is 13.5. The van der Waals surface area contributed by atoms with Gasteiger partial charge in [-0.25, -0.2) is 8.78 Å². The van der Waals surface area contributed by atoms with Gasteiger partial charge in [-0.1, -0.05) is 6.07 Å². The number of aryl methyl sites for hydroxylation is 1. The van der Waals surface area contributed by atoms with Gasteiger partial charge in [0.2, 0.25) is 0 Å². The van der Waals surface area contributed by atoms with E-state index in [0.717, 1.165) is 11.3 Å². The molecule has 0 saturated heterocycles. The van der Waals surface area contributed by atoms with Crippen molar-refractivity contribution in [2.75, 3.05) is 7.05 Å². The molecule has 0 aliphatic carbocycles. The average Bonchev–Trinajstić information content (AvgIpc) is 2.66. The minimum atomic E-state index is -0.543. The first kappa shape index (κ1) is 12.7. The second kappa shape index (κ2) is 5.27. The Morgan fingerprint density at radius 1 is 1.28 bits per heavy atom. The second-order valence-corrected chi connectivity index (χ2v) is 4.17. The van der Waals surface area contributed by atoms with Crippen LogP contribution >= 0.6 is 0 Å². The van der Waals surface area contributed by atoms with Gasteiger partial charge < -0.3 is 5.32 Å². The van der Waals surface area contributed by atoms with Crippen LogP contribution in [0.15, 0.2) is 24.4 Å². The minimum absolute atomic E-state index is 0.0380. The zero-order chi connectivity index (χ0) is 13.1. The zero-order valence-corrected chi connectivity index (χ0v) is 10.4. The van der Waals surface area contributed by atoms with Crippen LogP contribution in [-0.4, -0.2) is 16.8 Å². The van der Waals surface area contributed by atoms with Crippen LogP contribution < -0.4 is 5.32 Å². The van der Waals surface area contributed by atoms with E-state index in [-0.39, 0.29) is 12.1 Å². The average molecular weight is 251 g/mol. The third kappa shape index (κ3) is 2.56. The van der Waals surface area contributed by atoms with E-state index >= 15 is 0 Å². The Bertz CT molecular complexity index is 529. The summed E-state index contributed by atoms with van der Waals surface area (Å²) in [4.78, 5) is 0. The minimum Gasteiger partial charge on any atom is -0.316 e. The van der Waals surface area contributed by atoms with Gasteiger partial charge in [0.1, 0.15) is 11.6 Å². The number of rotatable bonds is 4. The summed E-state index contributed by atoms with van der Waals surface area (Å²) in [5.74, 6) is -1.09. The highest BCUT2D eigenvalue weighted by Gasteiger charge is 2.11. The molecule has 2 rings (SSSR count). The maximum atomic E-state index is 13.5. The fourth-order valence-corrected chi connectivity index (χ4v) is 1.85. The molecule has 2 aromatic rings. The van der Waals surface area contributed by atoms with Crippen molar-refractivity contribution in [2.45, 2.75) is 20.0 Å². The molecule has 1 aromatic carbocycles. The molecular weight excluding hydrogens is 236 g/mol. The van der Waals surface area contributed by atoms with E-state index in [9.17, 15) is 8.78 Å². The molecule has 0 aliphatic heterocycles. The normalized spacial score (nSPS) is 10.9. The second-order valence-electron chi connectivity index (χ2n) is 4.17. The lowest BCUT2D eigenvalue weighted by Crippen LogP contribution is -2.06. The van der Waals surface area contributed by atoms with Crippen LogP contribution in [0.25, 0.3) is 0 Å². The van der Waals surface area contributed by atoms with Crippen molar-refractivity contribution in [3.63, 3.8) is 0 Å². The van der Waals surface area contributed by atoms with Crippen molar-refractivity contribution in [3.8, 4) is 0 Å². The number of benzene rings is 1. The molecule has 0 aliphatic rings. The van der Waals surface area contributed by atoms with Gasteiger partial charge in [-0.2, -0.15) is 5.10 Å². The molecule has 1 heterocycles. The first-order valence-electron chi connectivity index (χ1n) is 5.72.